The second-order valence-corrected chi connectivity index (χ2v) is 9.23. The van der Waals surface area contributed by atoms with Crippen LogP contribution in [0.1, 0.15) is 46.7 Å². The summed E-state index contributed by atoms with van der Waals surface area (Å²) in [6.45, 7) is 8.84. The second kappa shape index (κ2) is 9.62. The van der Waals surface area contributed by atoms with Gasteiger partial charge in [-0.3, -0.25) is 9.59 Å². The molecule has 1 saturated heterocycles. The molecule has 0 aliphatic carbocycles. The number of nitrogen functional groups attached to an aromatic ring is 1. The van der Waals surface area contributed by atoms with Crippen LogP contribution < -0.4 is 17.2 Å². The fraction of sp³-hybridized carbons (Fsp3) is 0.636. The fourth-order valence-electron chi connectivity index (χ4n) is 3.88. The van der Waals surface area contributed by atoms with Crippen molar-refractivity contribution in [1.29, 1.82) is 0 Å². The molecule has 3 rings (SSSR count). The minimum Gasteiger partial charge on any atom is -0.463 e. The summed E-state index contributed by atoms with van der Waals surface area (Å²) in [4.78, 5) is 28.8. The molecule has 0 saturated carbocycles. The van der Waals surface area contributed by atoms with Gasteiger partial charge >= 0.3 is 11.9 Å². The van der Waals surface area contributed by atoms with Gasteiger partial charge in [-0.05, 0) is 25.0 Å². The molecule has 11 heteroatoms. The zero-order chi connectivity index (χ0) is 24.5. The van der Waals surface area contributed by atoms with E-state index in [0.717, 1.165) is 0 Å². The SMILES string of the molecule is CC(C)C(=O)OC[C@H]1O[C@](c2ccc3c(N)ncnn23)(C(C)N)C[C@@H]1OC(=O)[C@@H](N)C(C)C. The standard InChI is InChI=1S/C22H34N6O5/c1-11(2)18(24)21(30)32-15-8-22(13(5)23,33-16(15)9-31-20(29)12(3)4)17-7-6-14-19(25)26-10-27-28(14)17/h6-7,10-13,15-16,18H,8-9,23-24H2,1-5H3,(H2,25,26,27)/t13?,15-,16+,18-,22-/m0/s1. The third-order valence-corrected chi connectivity index (χ3v) is 6.05. The molecule has 2 aromatic rings. The third kappa shape index (κ3) is 4.80. The van der Waals surface area contributed by atoms with Crippen molar-refractivity contribution in [3.63, 3.8) is 0 Å². The summed E-state index contributed by atoms with van der Waals surface area (Å²) in [5, 5.41) is 4.31. The molecule has 33 heavy (non-hydrogen) atoms. The Morgan fingerprint density at radius 2 is 1.91 bits per heavy atom. The number of hydrogen-bond acceptors (Lipinski definition) is 10. The van der Waals surface area contributed by atoms with E-state index >= 15 is 0 Å². The number of esters is 2. The first kappa shape index (κ1) is 24.9. The van der Waals surface area contributed by atoms with E-state index in [1.54, 1.807) is 31.4 Å². The highest BCUT2D eigenvalue weighted by Crippen LogP contribution is 2.43. The number of carbonyl (C=O) groups excluding carboxylic acids is 2. The van der Waals surface area contributed by atoms with Crippen LogP contribution >= 0.6 is 0 Å². The number of rotatable bonds is 8. The van der Waals surface area contributed by atoms with E-state index in [2.05, 4.69) is 10.1 Å². The Kier molecular flexibility index (Phi) is 7.25. The Hall–Kier alpha value is -2.76. The van der Waals surface area contributed by atoms with Gasteiger partial charge in [0.25, 0.3) is 0 Å². The van der Waals surface area contributed by atoms with Gasteiger partial charge in [0, 0.05) is 12.5 Å². The van der Waals surface area contributed by atoms with Crippen molar-refractivity contribution in [3.05, 3.63) is 24.2 Å². The Balaban J connectivity index is 1.98. The van der Waals surface area contributed by atoms with Crippen molar-refractivity contribution in [3.8, 4) is 0 Å². The van der Waals surface area contributed by atoms with Crippen LogP contribution in [0.15, 0.2) is 18.5 Å². The van der Waals surface area contributed by atoms with Crippen molar-refractivity contribution < 1.29 is 23.8 Å². The maximum absolute atomic E-state index is 12.7. The quantitative estimate of drug-likeness (QED) is 0.475. The smallest absolute Gasteiger partial charge is 0.323 e. The van der Waals surface area contributed by atoms with Gasteiger partial charge in [-0.2, -0.15) is 5.10 Å². The van der Waals surface area contributed by atoms with E-state index in [1.165, 1.54) is 6.33 Å². The lowest BCUT2D eigenvalue weighted by Crippen LogP contribution is -2.45. The minimum atomic E-state index is -1.09. The van der Waals surface area contributed by atoms with E-state index < -0.39 is 35.9 Å². The summed E-state index contributed by atoms with van der Waals surface area (Å²) >= 11 is 0. The molecule has 6 N–H and O–H groups in total. The third-order valence-electron chi connectivity index (χ3n) is 6.05. The Morgan fingerprint density at radius 1 is 1.21 bits per heavy atom. The highest BCUT2D eigenvalue weighted by Gasteiger charge is 2.54. The lowest BCUT2D eigenvalue weighted by Gasteiger charge is -2.32. The van der Waals surface area contributed by atoms with Gasteiger partial charge in [-0.15, -0.1) is 0 Å². The van der Waals surface area contributed by atoms with Gasteiger partial charge < -0.3 is 31.4 Å². The first-order valence-corrected chi connectivity index (χ1v) is 11.1. The average Bonchev–Trinajstić information content (AvgIpc) is 3.34. The molecule has 1 aliphatic rings. The second-order valence-electron chi connectivity index (χ2n) is 9.23. The largest absolute Gasteiger partial charge is 0.463 e. The molecule has 2 aromatic heterocycles. The van der Waals surface area contributed by atoms with Crippen LogP contribution in [-0.2, 0) is 29.4 Å². The van der Waals surface area contributed by atoms with E-state index in [9.17, 15) is 9.59 Å². The molecule has 0 spiro atoms. The maximum atomic E-state index is 12.7. The van der Waals surface area contributed by atoms with Crippen molar-refractivity contribution in [1.82, 2.24) is 14.6 Å². The number of aromatic nitrogens is 3. The molecule has 182 valence electrons. The monoisotopic (exact) mass is 462 g/mol. The molecule has 5 atom stereocenters. The normalized spacial score (nSPS) is 24.9. The molecular formula is C22H34N6O5. The molecule has 1 aliphatic heterocycles. The number of nitrogens with zero attached hydrogens (tertiary/aromatic N) is 3. The molecule has 0 bridgehead atoms. The predicted molar refractivity (Wildman–Crippen MR) is 121 cm³/mol. The number of carbonyl (C=O) groups is 2. The van der Waals surface area contributed by atoms with Crippen LogP contribution in [0.25, 0.3) is 5.52 Å². The molecule has 0 aromatic carbocycles. The van der Waals surface area contributed by atoms with E-state index in [4.69, 9.17) is 31.4 Å². The summed E-state index contributed by atoms with van der Waals surface area (Å²) < 4.78 is 19.3. The average molecular weight is 463 g/mol. The Bertz CT molecular complexity index is 1010. The summed E-state index contributed by atoms with van der Waals surface area (Å²) in [6.07, 6.45) is 0.0856. The summed E-state index contributed by atoms with van der Waals surface area (Å²) in [5.74, 6) is -1.04. The predicted octanol–water partition coefficient (Wildman–Crippen LogP) is 0.737. The first-order chi connectivity index (χ1) is 15.5. The summed E-state index contributed by atoms with van der Waals surface area (Å²) in [6, 6.07) is 2.26. The van der Waals surface area contributed by atoms with Crippen LogP contribution in [0.5, 0.6) is 0 Å². The summed E-state index contributed by atoms with van der Waals surface area (Å²) in [5.41, 5.74) is 18.6. The topological polar surface area (TPSA) is 170 Å². The lowest BCUT2D eigenvalue weighted by atomic mass is 9.88. The van der Waals surface area contributed by atoms with Crippen molar-refractivity contribution >= 4 is 23.3 Å². The molecular weight excluding hydrogens is 428 g/mol. The van der Waals surface area contributed by atoms with Gasteiger partial charge in [-0.25, -0.2) is 9.50 Å². The van der Waals surface area contributed by atoms with Gasteiger partial charge in [-0.1, -0.05) is 27.7 Å². The molecule has 1 unspecified atom stereocenters. The molecule has 0 amide bonds. The summed E-state index contributed by atoms with van der Waals surface area (Å²) in [7, 11) is 0. The number of fused-ring (bicyclic) bond motifs is 1. The van der Waals surface area contributed by atoms with Gasteiger partial charge in [0.2, 0.25) is 0 Å². The number of ether oxygens (including phenoxy) is 3. The van der Waals surface area contributed by atoms with Crippen LogP contribution in [0, 0.1) is 11.8 Å². The van der Waals surface area contributed by atoms with Crippen molar-refractivity contribution in [2.45, 2.75) is 70.9 Å². The molecule has 11 nitrogen and oxygen atoms in total. The zero-order valence-corrected chi connectivity index (χ0v) is 19.7. The number of nitrogens with two attached hydrogens (primary N) is 3. The van der Waals surface area contributed by atoms with Crippen molar-refractivity contribution in [2.75, 3.05) is 12.3 Å². The maximum Gasteiger partial charge on any atom is 0.323 e. The minimum absolute atomic E-state index is 0.0965. The van der Waals surface area contributed by atoms with E-state index in [0.29, 0.717) is 17.0 Å². The highest BCUT2D eigenvalue weighted by atomic mass is 16.6. The molecule has 3 heterocycles. The number of anilines is 1. The Labute approximate surface area is 192 Å². The van der Waals surface area contributed by atoms with Crippen LogP contribution in [0.4, 0.5) is 5.82 Å². The molecule has 0 radical (unpaired) electrons. The fourth-order valence-corrected chi connectivity index (χ4v) is 3.88. The van der Waals surface area contributed by atoms with Crippen LogP contribution in [-0.4, -0.2) is 57.4 Å². The first-order valence-electron chi connectivity index (χ1n) is 11.1. The highest BCUT2D eigenvalue weighted by molar-refractivity contribution is 5.76. The zero-order valence-electron chi connectivity index (χ0n) is 19.7. The molecule has 1 fully saturated rings. The van der Waals surface area contributed by atoms with Gasteiger partial charge in [0.05, 0.1) is 11.6 Å². The van der Waals surface area contributed by atoms with Crippen LogP contribution in [0.2, 0.25) is 0 Å². The lowest BCUT2D eigenvalue weighted by molar-refractivity contribution is -0.163. The van der Waals surface area contributed by atoms with Gasteiger partial charge in [0.1, 0.15) is 42.3 Å². The Morgan fingerprint density at radius 3 is 2.52 bits per heavy atom. The van der Waals surface area contributed by atoms with E-state index in [1.807, 2.05) is 19.9 Å². The number of hydrogen-bond donors (Lipinski definition) is 3. The van der Waals surface area contributed by atoms with E-state index in [-0.39, 0.29) is 30.8 Å². The van der Waals surface area contributed by atoms with Crippen LogP contribution in [0.3, 0.4) is 0 Å². The van der Waals surface area contributed by atoms with Gasteiger partial charge in [0.15, 0.2) is 5.82 Å². The van der Waals surface area contributed by atoms with Crippen molar-refractivity contribution in [2.24, 2.45) is 23.3 Å².